The quantitative estimate of drug-likeness (QED) is 0.506. The van der Waals surface area contributed by atoms with E-state index in [1.54, 1.807) is 14.2 Å². The van der Waals surface area contributed by atoms with Crippen LogP contribution < -0.4 is 0 Å². The highest BCUT2D eigenvalue weighted by atomic mass is 16.8. The lowest BCUT2D eigenvalue weighted by Gasteiger charge is -2.71. The Kier molecular flexibility index (Phi) is 6.28. The SMILES string of the molecule is CO[C@@H]1O[C@](C)(OC)[C@H]2[C@H]1[C@@]1(C)[C@@H](OC(C)=O)C[C@@H]3[C@@]4(C)CCCC(C)(C)[C@@H]4CC[C@@]3(C)[C@@H]1C[C@@H]2O. The van der Waals surface area contributed by atoms with Gasteiger partial charge in [0.1, 0.15) is 6.10 Å². The van der Waals surface area contributed by atoms with Gasteiger partial charge in [-0.1, -0.05) is 41.0 Å². The summed E-state index contributed by atoms with van der Waals surface area (Å²) >= 11 is 0. The average Bonchev–Trinajstić information content (AvgIpc) is 3.11. The summed E-state index contributed by atoms with van der Waals surface area (Å²) < 4.78 is 24.5. The van der Waals surface area contributed by atoms with Gasteiger partial charge in [0.15, 0.2) is 12.1 Å². The summed E-state index contributed by atoms with van der Waals surface area (Å²) in [5.41, 5.74) is 0.166. The lowest BCUT2D eigenvalue weighted by Crippen LogP contribution is -2.70. The summed E-state index contributed by atoms with van der Waals surface area (Å²) in [7, 11) is 3.32. The van der Waals surface area contributed by atoms with E-state index < -0.39 is 23.6 Å². The van der Waals surface area contributed by atoms with Crippen molar-refractivity contribution in [2.45, 2.75) is 118 Å². The Morgan fingerprint density at radius 3 is 2.17 bits per heavy atom. The van der Waals surface area contributed by atoms with E-state index in [1.807, 2.05) is 6.92 Å². The van der Waals surface area contributed by atoms with Crippen molar-refractivity contribution in [1.82, 2.24) is 0 Å². The highest BCUT2D eigenvalue weighted by Gasteiger charge is 2.75. The summed E-state index contributed by atoms with van der Waals surface area (Å²) in [6, 6.07) is 0. The number of hydrogen-bond acceptors (Lipinski definition) is 6. The Bertz CT molecular complexity index is 889. The third-order valence-corrected chi connectivity index (χ3v) is 12.7. The Balaban J connectivity index is 1.65. The number of aliphatic hydroxyl groups is 1. The summed E-state index contributed by atoms with van der Waals surface area (Å²) in [6.07, 6.45) is 6.35. The number of carbonyl (C=O) groups is 1. The molecule has 0 bridgehead atoms. The minimum absolute atomic E-state index is 0.0420. The smallest absolute Gasteiger partial charge is 0.302 e. The van der Waals surface area contributed by atoms with Crippen LogP contribution in [0.1, 0.15) is 93.4 Å². The van der Waals surface area contributed by atoms with Crippen LogP contribution in [0.3, 0.4) is 0 Å². The van der Waals surface area contributed by atoms with E-state index in [1.165, 1.54) is 32.6 Å². The lowest BCUT2D eigenvalue weighted by molar-refractivity contribution is -0.278. The predicted molar refractivity (Wildman–Crippen MR) is 137 cm³/mol. The molecule has 36 heavy (non-hydrogen) atoms. The van der Waals surface area contributed by atoms with Crippen LogP contribution in [-0.4, -0.2) is 49.6 Å². The lowest BCUT2D eigenvalue weighted by atomic mass is 9.33. The summed E-state index contributed by atoms with van der Waals surface area (Å²) in [6.45, 7) is 15.7. The van der Waals surface area contributed by atoms with Crippen molar-refractivity contribution in [2.24, 2.45) is 51.2 Å². The second kappa shape index (κ2) is 8.40. The van der Waals surface area contributed by atoms with Crippen LogP contribution >= 0.6 is 0 Å². The van der Waals surface area contributed by atoms with Crippen molar-refractivity contribution in [3.05, 3.63) is 0 Å². The molecule has 1 heterocycles. The molecule has 1 aliphatic heterocycles. The first-order valence-electron chi connectivity index (χ1n) is 14.3. The molecule has 6 heteroatoms. The fourth-order valence-electron chi connectivity index (χ4n) is 11.3. The fourth-order valence-corrected chi connectivity index (χ4v) is 11.3. The molecule has 1 saturated heterocycles. The first kappa shape index (κ1) is 26.9. The number of fused-ring (bicyclic) bond motifs is 7. The van der Waals surface area contributed by atoms with Crippen molar-refractivity contribution in [3.63, 3.8) is 0 Å². The van der Waals surface area contributed by atoms with Crippen molar-refractivity contribution in [2.75, 3.05) is 14.2 Å². The molecule has 6 nitrogen and oxygen atoms in total. The molecular weight excluding hydrogens is 456 g/mol. The van der Waals surface area contributed by atoms with Crippen molar-refractivity contribution in [1.29, 1.82) is 0 Å². The van der Waals surface area contributed by atoms with Crippen molar-refractivity contribution >= 4 is 5.97 Å². The van der Waals surface area contributed by atoms with Crippen LogP contribution in [0, 0.1) is 51.2 Å². The highest BCUT2D eigenvalue weighted by molar-refractivity contribution is 5.66. The number of aliphatic hydroxyl groups excluding tert-OH is 1. The van der Waals surface area contributed by atoms with Crippen LogP contribution in [0.25, 0.3) is 0 Å². The van der Waals surface area contributed by atoms with Crippen LogP contribution in [0.2, 0.25) is 0 Å². The highest BCUT2D eigenvalue weighted by Crippen LogP contribution is 2.75. The van der Waals surface area contributed by atoms with Gasteiger partial charge in [-0.05, 0) is 79.4 Å². The Morgan fingerprint density at radius 1 is 0.889 bits per heavy atom. The number of rotatable bonds is 3. The first-order valence-corrected chi connectivity index (χ1v) is 14.3. The summed E-state index contributed by atoms with van der Waals surface area (Å²) in [4.78, 5) is 12.6. The normalized spacial score (nSPS) is 55.6. The van der Waals surface area contributed by atoms with E-state index >= 15 is 0 Å². The standard InChI is InChI=1S/C30H50O6/c1-17(31)35-22-16-20-27(4)13-10-12-26(2,3)19(27)11-14-28(20,5)21-15-18(32)23-24(29(21,22)6)25(33-8)36-30(23,7)34-9/h18-25,32H,10-16H2,1-9H3/t18-,19-,20+,21-,22-,23+,24+,25+,27-,28+,29+,30-/m0/s1. The largest absolute Gasteiger partial charge is 0.462 e. The molecule has 0 aromatic heterocycles. The average molecular weight is 507 g/mol. The molecule has 0 aromatic carbocycles. The van der Waals surface area contributed by atoms with Gasteiger partial charge >= 0.3 is 5.97 Å². The second-order valence-electron chi connectivity index (χ2n) is 14.5. The number of hydrogen-bond donors (Lipinski definition) is 1. The zero-order valence-corrected chi connectivity index (χ0v) is 24.1. The van der Waals surface area contributed by atoms with Crippen LogP contribution in [0.4, 0.5) is 0 Å². The molecule has 4 saturated carbocycles. The monoisotopic (exact) mass is 506 g/mol. The van der Waals surface area contributed by atoms with Crippen molar-refractivity contribution < 1.29 is 28.8 Å². The molecule has 5 aliphatic rings. The minimum Gasteiger partial charge on any atom is -0.462 e. The van der Waals surface area contributed by atoms with Gasteiger partial charge in [0.2, 0.25) is 0 Å². The Hall–Kier alpha value is -0.690. The van der Waals surface area contributed by atoms with Gasteiger partial charge in [0.05, 0.1) is 6.10 Å². The number of esters is 1. The summed E-state index contributed by atoms with van der Waals surface area (Å²) in [5.74, 6) is -0.286. The topological polar surface area (TPSA) is 74.2 Å². The molecule has 0 unspecified atom stereocenters. The number of methoxy groups -OCH3 is 2. The molecule has 0 amide bonds. The van der Waals surface area contributed by atoms with E-state index in [-0.39, 0.29) is 40.7 Å². The van der Waals surface area contributed by atoms with E-state index in [0.717, 1.165) is 12.8 Å². The summed E-state index contributed by atoms with van der Waals surface area (Å²) in [5, 5.41) is 11.7. The second-order valence-corrected chi connectivity index (χ2v) is 14.5. The van der Waals surface area contributed by atoms with Gasteiger partial charge < -0.3 is 24.1 Å². The molecule has 5 fully saturated rings. The maximum atomic E-state index is 12.6. The molecule has 5 rings (SSSR count). The maximum Gasteiger partial charge on any atom is 0.302 e. The van der Waals surface area contributed by atoms with Gasteiger partial charge in [0, 0.05) is 38.4 Å². The number of ether oxygens (including phenoxy) is 4. The Morgan fingerprint density at radius 2 is 1.56 bits per heavy atom. The zero-order valence-electron chi connectivity index (χ0n) is 24.1. The van der Waals surface area contributed by atoms with E-state index in [0.29, 0.717) is 23.7 Å². The van der Waals surface area contributed by atoms with E-state index in [9.17, 15) is 9.90 Å². The van der Waals surface area contributed by atoms with Crippen LogP contribution in [-0.2, 0) is 23.7 Å². The molecular formula is C30H50O6. The van der Waals surface area contributed by atoms with E-state index in [4.69, 9.17) is 18.9 Å². The molecule has 0 spiro atoms. The van der Waals surface area contributed by atoms with E-state index in [2.05, 4.69) is 34.6 Å². The van der Waals surface area contributed by atoms with Crippen LogP contribution in [0.15, 0.2) is 0 Å². The van der Waals surface area contributed by atoms with Gasteiger partial charge in [0.25, 0.3) is 0 Å². The Labute approximate surface area is 218 Å². The molecule has 12 atom stereocenters. The fraction of sp³-hybridized carbons (Fsp3) is 0.967. The number of carbonyl (C=O) groups excluding carboxylic acids is 1. The van der Waals surface area contributed by atoms with Gasteiger partial charge in [-0.3, -0.25) is 4.79 Å². The molecule has 4 aliphatic carbocycles. The molecule has 0 aromatic rings. The predicted octanol–water partition coefficient (Wildman–Crippen LogP) is 5.56. The van der Waals surface area contributed by atoms with Gasteiger partial charge in [-0.15, -0.1) is 0 Å². The van der Waals surface area contributed by atoms with Crippen LogP contribution in [0.5, 0.6) is 0 Å². The third-order valence-electron chi connectivity index (χ3n) is 12.7. The molecule has 206 valence electrons. The van der Waals surface area contributed by atoms with Gasteiger partial charge in [-0.2, -0.15) is 0 Å². The van der Waals surface area contributed by atoms with Crippen molar-refractivity contribution in [3.8, 4) is 0 Å². The minimum atomic E-state index is -0.950. The first-order chi connectivity index (χ1) is 16.7. The molecule has 0 radical (unpaired) electrons. The van der Waals surface area contributed by atoms with Gasteiger partial charge in [-0.25, -0.2) is 0 Å². The zero-order chi connectivity index (χ0) is 26.5. The maximum absolute atomic E-state index is 12.6. The third kappa shape index (κ3) is 3.39. The molecule has 1 N–H and O–H groups in total.